The fourth-order valence-electron chi connectivity index (χ4n) is 1.06. The molecule has 0 amide bonds. The number of methoxy groups -OCH3 is 1. The summed E-state index contributed by atoms with van der Waals surface area (Å²) in [4.78, 5) is 26.3. The Hall–Kier alpha value is -1.36. The maximum atomic E-state index is 11.2. The second kappa shape index (κ2) is 7.00. The molecule has 1 atom stereocenters. The molecule has 0 fully saturated rings. The summed E-state index contributed by atoms with van der Waals surface area (Å²) in [6, 6.07) is 0. The van der Waals surface area contributed by atoms with Gasteiger partial charge in [-0.2, -0.15) is 5.90 Å². The molecule has 86 valence electrons. The number of aldehydes is 1. The molecule has 0 aromatic rings. The molecule has 0 aromatic carbocycles. The minimum atomic E-state index is -0.733. The first-order valence-corrected chi connectivity index (χ1v) is 4.74. The van der Waals surface area contributed by atoms with Crippen molar-refractivity contribution in [1.29, 1.82) is 0 Å². The van der Waals surface area contributed by atoms with Gasteiger partial charge in [0.05, 0.1) is 7.11 Å². The number of rotatable bonds is 6. The Balaban J connectivity index is 4.90. The second-order valence-corrected chi connectivity index (χ2v) is 3.30. The van der Waals surface area contributed by atoms with E-state index in [4.69, 9.17) is 5.90 Å². The van der Waals surface area contributed by atoms with Gasteiger partial charge in [0.25, 0.3) is 0 Å². The van der Waals surface area contributed by atoms with Crippen molar-refractivity contribution in [3.05, 3.63) is 11.3 Å². The number of ether oxygens (including phenoxy) is 1. The highest BCUT2D eigenvalue weighted by atomic mass is 16.6. The minimum absolute atomic E-state index is 0.215. The van der Waals surface area contributed by atoms with Crippen LogP contribution < -0.4 is 5.90 Å². The predicted octanol–water partition coefficient (Wildman–Crippen LogP) is 0.939. The lowest BCUT2D eigenvalue weighted by Gasteiger charge is -2.10. The van der Waals surface area contributed by atoms with Crippen molar-refractivity contribution in [2.75, 3.05) is 7.11 Å². The molecule has 0 spiro atoms. The topological polar surface area (TPSA) is 78.6 Å². The molecule has 0 heterocycles. The molecular weight excluding hydrogens is 198 g/mol. The third-order valence-corrected chi connectivity index (χ3v) is 2.19. The fourth-order valence-corrected chi connectivity index (χ4v) is 1.06. The van der Waals surface area contributed by atoms with Gasteiger partial charge in [-0.25, -0.2) is 4.79 Å². The lowest BCUT2D eigenvalue weighted by atomic mass is 9.99. The van der Waals surface area contributed by atoms with E-state index >= 15 is 0 Å². The van der Waals surface area contributed by atoms with Gasteiger partial charge < -0.3 is 9.57 Å². The molecule has 0 radical (unpaired) electrons. The molecule has 0 aliphatic rings. The quantitative estimate of drug-likeness (QED) is 0.234. The average molecular weight is 215 g/mol. The SMILES string of the molecule is CCC(C)C/C(C=O)=C(\ON)C(=O)OC. The largest absolute Gasteiger partial charge is 0.463 e. The minimum Gasteiger partial charge on any atom is -0.463 e. The van der Waals surface area contributed by atoms with Gasteiger partial charge in [0.2, 0.25) is 5.76 Å². The standard InChI is InChI=1S/C10H17NO4/c1-4-7(2)5-8(6-12)9(15-11)10(13)14-3/h6-7H,4-5,11H2,1-3H3/b9-8+. The van der Waals surface area contributed by atoms with Gasteiger partial charge in [0.1, 0.15) is 6.29 Å². The molecule has 0 rings (SSSR count). The van der Waals surface area contributed by atoms with Crippen molar-refractivity contribution in [1.82, 2.24) is 0 Å². The van der Waals surface area contributed by atoms with E-state index in [0.29, 0.717) is 12.7 Å². The predicted molar refractivity (Wildman–Crippen MR) is 54.5 cm³/mol. The van der Waals surface area contributed by atoms with E-state index in [-0.39, 0.29) is 17.3 Å². The zero-order chi connectivity index (χ0) is 11.8. The summed E-state index contributed by atoms with van der Waals surface area (Å²) in [7, 11) is 1.20. The van der Waals surface area contributed by atoms with Crippen LogP contribution in [0.3, 0.4) is 0 Å². The molecular formula is C10H17NO4. The molecule has 1 unspecified atom stereocenters. The summed E-state index contributed by atoms with van der Waals surface area (Å²) in [5.74, 6) is 4.25. The molecule has 0 saturated heterocycles. The van der Waals surface area contributed by atoms with Crippen LogP contribution >= 0.6 is 0 Å². The summed E-state index contributed by atoms with van der Waals surface area (Å²) in [5.41, 5.74) is 0.235. The number of carbonyl (C=O) groups is 2. The second-order valence-electron chi connectivity index (χ2n) is 3.30. The smallest absolute Gasteiger partial charge is 0.376 e. The molecule has 0 aromatic heterocycles. The number of hydrogen-bond donors (Lipinski definition) is 1. The van der Waals surface area contributed by atoms with Gasteiger partial charge in [-0.05, 0) is 12.3 Å². The lowest BCUT2D eigenvalue weighted by Crippen LogP contribution is -2.16. The number of esters is 1. The number of carbonyl (C=O) groups excluding carboxylic acids is 2. The van der Waals surface area contributed by atoms with E-state index in [0.717, 1.165) is 6.42 Å². The van der Waals surface area contributed by atoms with Crippen molar-refractivity contribution in [3.63, 3.8) is 0 Å². The highest BCUT2D eigenvalue weighted by molar-refractivity contribution is 5.93. The average Bonchev–Trinajstić information content (AvgIpc) is 2.27. The maximum Gasteiger partial charge on any atom is 0.376 e. The molecule has 0 saturated carbocycles. The molecule has 0 aliphatic carbocycles. The highest BCUT2D eigenvalue weighted by Gasteiger charge is 2.18. The van der Waals surface area contributed by atoms with E-state index in [1.54, 1.807) is 0 Å². The molecule has 5 heteroatoms. The number of hydrogen-bond acceptors (Lipinski definition) is 5. The Bertz CT molecular complexity index is 260. The first-order chi connectivity index (χ1) is 7.10. The van der Waals surface area contributed by atoms with Gasteiger partial charge in [0.15, 0.2) is 0 Å². The van der Waals surface area contributed by atoms with Gasteiger partial charge in [0, 0.05) is 5.57 Å². The van der Waals surface area contributed by atoms with Crippen molar-refractivity contribution < 1.29 is 19.2 Å². The number of nitrogens with two attached hydrogens (primary N) is 1. The Labute approximate surface area is 89.2 Å². The van der Waals surface area contributed by atoms with E-state index in [1.807, 2.05) is 13.8 Å². The van der Waals surface area contributed by atoms with Crippen molar-refractivity contribution in [3.8, 4) is 0 Å². The van der Waals surface area contributed by atoms with E-state index in [9.17, 15) is 9.59 Å². The van der Waals surface area contributed by atoms with Crippen LogP contribution in [0.2, 0.25) is 0 Å². The van der Waals surface area contributed by atoms with Crippen molar-refractivity contribution in [2.45, 2.75) is 26.7 Å². The zero-order valence-corrected chi connectivity index (χ0v) is 9.28. The van der Waals surface area contributed by atoms with E-state index in [1.165, 1.54) is 7.11 Å². The molecule has 0 aliphatic heterocycles. The Morgan fingerprint density at radius 1 is 1.53 bits per heavy atom. The van der Waals surface area contributed by atoms with Crippen LogP contribution in [0.5, 0.6) is 0 Å². The normalized spacial score (nSPS) is 13.9. The van der Waals surface area contributed by atoms with Crippen LogP contribution in [-0.4, -0.2) is 19.4 Å². The number of allylic oxidation sites excluding steroid dienone is 1. The highest BCUT2D eigenvalue weighted by Crippen LogP contribution is 2.17. The lowest BCUT2D eigenvalue weighted by molar-refractivity contribution is -0.140. The van der Waals surface area contributed by atoms with Gasteiger partial charge in [-0.15, -0.1) is 0 Å². The first-order valence-electron chi connectivity index (χ1n) is 4.74. The Kier molecular flexibility index (Phi) is 6.37. The summed E-state index contributed by atoms with van der Waals surface area (Å²) in [6.45, 7) is 3.96. The molecule has 5 nitrogen and oxygen atoms in total. The van der Waals surface area contributed by atoms with Gasteiger partial charge >= 0.3 is 5.97 Å². The summed E-state index contributed by atoms with van der Waals surface area (Å²) in [5, 5.41) is 0. The Morgan fingerprint density at radius 2 is 2.13 bits per heavy atom. The maximum absolute atomic E-state index is 11.2. The Morgan fingerprint density at radius 3 is 2.47 bits per heavy atom. The molecule has 0 bridgehead atoms. The van der Waals surface area contributed by atoms with Crippen LogP contribution in [0, 0.1) is 5.92 Å². The molecule has 2 N–H and O–H groups in total. The first kappa shape index (κ1) is 13.6. The third kappa shape index (κ3) is 4.12. The summed E-state index contributed by atoms with van der Waals surface area (Å²) < 4.78 is 4.44. The van der Waals surface area contributed by atoms with Crippen molar-refractivity contribution >= 4 is 12.3 Å². The van der Waals surface area contributed by atoms with E-state index in [2.05, 4.69) is 9.57 Å². The monoisotopic (exact) mass is 215 g/mol. The van der Waals surface area contributed by atoms with Gasteiger partial charge in [-0.1, -0.05) is 20.3 Å². The van der Waals surface area contributed by atoms with Crippen LogP contribution in [0.25, 0.3) is 0 Å². The van der Waals surface area contributed by atoms with Crippen molar-refractivity contribution in [2.24, 2.45) is 11.8 Å². The van der Waals surface area contributed by atoms with Crippen LogP contribution in [-0.2, 0) is 19.2 Å². The summed E-state index contributed by atoms with van der Waals surface area (Å²) in [6.07, 6.45) is 1.92. The van der Waals surface area contributed by atoms with Crippen LogP contribution in [0.15, 0.2) is 11.3 Å². The zero-order valence-electron chi connectivity index (χ0n) is 9.28. The fraction of sp³-hybridized carbons (Fsp3) is 0.600. The van der Waals surface area contributed by atoms with Gasteiger partial charge in [-0.3, -0.25) is 4.79 Å². The third-order valence-electron chi connectivity index (χ3n) is 2.19. The van der Waals surface area contributed by atoms with Crippen LogP contribution in [0.4, 0.5) is 0 Å². The van der Waals surface area contributed by atoms with E-state index < -0.39 is 5.97 Å². The van der Waals surface area contributed by atoms with Crippen LogP contribution in [0.1, 0.15) is 26.7 Å². The summed E-state index contributed by atoms with van der Waals surface area (Å²) >= 11 is 0. The molecule has 15 heavy (non-hydrogen) atoms.